The van der Waals surface area contributed by atoms with Crippen molar-refractivity contribution in [1.29, 1.82) is 0 Å². The third-order valence-corrected chi connectivity index (χ3v) is 5.78. The second-order valence-corrected chi connectivity index (χ2v) is 7.72. The van der Waals surface area contributed by atoms with Gasteiger partial charge in [0.2, 0.25) is 0 Å². The maximum absolute atomic E-state index is 13.0. The molecule has 0 N–H and O–H groups in total. The zero-order valence-electron chi connectivity index (χ0n) is 15.8. The molecule has 3 aromatic rings. The van der Waals surface area contributed by atoms with Gasteiger partial charge in [-0.15, -0.1) is 0 Å². The van der Waals surface area contributed by atoms with E-state index in [2.05, 4.69) is 36.1 Å². The molecule has 0 spiro atoms. The topological polar surface area (TPSA) is 28.5 Å². The summed E-state index contributed by atoms with van der Waals surface area (Å²) in [6, 6.07) is 16.2. The highest BCUT2D eigenvalue weighted by molar-refractivity contribution is 6.31. The molecule has 4 nitrogen and oxygen atoms in total. The van der Waals surface area contributed by atoms with Crippen LogP contribution in [0.1, 0.15) is 21.6 Å². The summed E-state index contributed by atoms with van der Waals surface area (Å²) in [5, 5.41) is 1.73. The van der Waals surface area contributed by atoms with Crippen molar-refractivity contribution in [3.05, 3.63) is 70.4 Å². The first-order chi connectivity index (χ1) is 13.0. The fourth-order valence-corrected chi connectivity index (χ4v) is 3.97. The molecule has 0 radical (unpaired) electrons. The van der Waals surface area contributed by atoms with Gasteiger partial charge in [0.1, 0.15) is 5.69 Å². The Morgan fingerprint density at radius 1 is 1.04 bits per heavy atom. The predicted molar refractivity (Wildman–Crippen MR) is 110 cm³/mol. The first kappa shape index (κ1) is 18.1. The second-order valence-electron chi connectivity index (χ2n) is 7.29. The molecule has 0 unspecified atom stereocenters. The summed E-state index contributed by atoms with van der Waals surface area (Å²) < 4.78 is 1.95. The summed E-state index contributed by atoms with van der Waals surface area (Å²) in [5.41, 5.74) is 4.40. The van der Waals surface area contributed by atoms with Crippen LogP contribution in [0, 0.1) is 6.92 Å². The van der Waals surface area contributed by atoms with Crippen LogP contribution in [-0.2, 0) is 13.6 Å². The third kappa shape index (κ3) is 3.60. The summed E-state index contributed by atoms with van der Waals surface area (Å²) in [4.78, 5) is 17.4. The van der Waals surface area contributed by atoms with Gasteiger partial charge in [-0.25, -0.2) is 0 Å². The van der Waals surface area contributed by atoms with E-state index in [0.717, 1.165) is 49.3 Å². The number of halogens is 1. The molecule has 1 aliphatic heterocycles. The number of piperazine rings is 1. The van der Waals surface area contributed by atoms with Crippen LogP contribution >= 0.6 is 11.6 Å². The highest BCUT2D eigenvalue weighted by Gasteiger charge is 2.24. The standard InChI is InChI=1S/C22H24ClN3O/c1-16-5-3-4-6-18(16)15-25-9-11-26(12-10-25)22(27)21-13-17-7-8-19(23)14-20(17)24(21)2/h3-8,13-14H,9-12,15H2,1-2H3. The molecular formula is C22H24ClN3O. The summed E-state index contributed by atoms with van der Waals surface area (Å²) in [7, 11) is 1.93. The van der Waals surface area contributed by atoms with Crippen molar-refractivity contribution in [2.45, 2.75) is 13.5 Å². The van der Waals surface area contributed by atoms with E-state index in [1.54, 1.807) is 0 Å². The number of benzene rings is 2. The van der Waals surface area contributed by atoms with Crippen molar-refractivity contribution < 1.29 is 4.79 Å². The van der Waals surface area contributed by atoms with Gasteiger partial charge in [0, 0.05) is 55.7 Å². The van der Waals surface area contributed by atoms with Gasteiger partial charge in [0.25, 0.3) is 5.91 Å². The van der Waals surface area contributed by atoms with Crippen molar-refractivity contribution in [3.8, 4) is 0 Å². The van der Waals surface area contributed by atoms with E-state index in [0.29, 0.717) is 5.02 Å². The Morgan fingerprint density at radius 2 is 1.78 bits per heavy atom. The molecule has 2 heterocycles. The average molecular weight is 382 g/mol. The zero-order chi connectivity index (χ0) is 19.0. The van der Waals surface area contributed by atoms with E-state index < -0.39 is 0 Å². The van der Waals surface area contributed by atoms with Crippen LogP contribution in [0.3, 0.4) is 0 Å². The van der Waals surface area contributed by atoms with Crippen LogP contribution in [0.2, 0.25) is 5.02 Å². The number of hydrogen-bond acceptors (Lipinski definition) is 2. The highest BCUT2D eigenvalue weighted by atomic mass is 35.5. The van der Waals surface area contributed by atoms with Gasteiger partial charge in [-0.2, -0.15) is 0 Å². The summed E-state index contributed by atoms with van der Waals surface area (Å²) in [6.07, 6.45) is 0. The van der Waals surface area contributed by atoms with Gasteiger partial charge in [0.15, 0.2) is 0 Å². The van der Waals surface area contributed by atoms with Crippen LogP contribution in [-0.4, -0.2) is 46.5 Å². The summed E-state index contributed by atoms with van der Waals surface area (Å²) in [6.45, 7) is 6.41. The molecule has 1 aliphatic rings. The van der Waals surface area contributed by atoms with Crippen molar-refractivity contribution in [2.75, 3.05) is 26.2 Å². The number of aromatic nitrogens is 1. The fraction of sp³-hybridized carbons (Fsp3) is 0.318. The molecular weight excluding hydrogens is 358 g/mol. The number of fused-ring (bicyclic) bond motifs is 1. The Labute approximate surface area is 164 Å². The van der Waals surface area contributed by atoms with Crippen LogP contribution in [0.25, 0.3) is 10.9 Å². The molecule has 1 saturated heterocycles. The van der Waals surface area contributed by atoms with E-state index in [4.69, 9.17) is 11.6 Å². The lowest BCUT2D eigenvalue weighted by Gasteiger charge is -2.35. The SMILES string of the molecule is Cc1ccccc1CN1CCN(C(=O)c2cc3ccc(Cl)cc3n2C)CC1. The summed E-state index contributed by atoms with van der Waals surface area (Å²) >= 11 is 6.11. The molecule has 140 valence electrons. The van der Waals surface area contributed by atoms with Crippen LogP contribution in [0.5, 0.6) is 0 Å². The Balaban J connectivity index is 1.44. The molecule has 4 rings (SSSR count). The largest absolute Gasteiger partial charge is 0.340 e. The van der Waals surface area contributed by atoms with Gasteiger partial charge in [0.05, 0.1) is 0 Å². The van der Waals surface area contributed by atoms with Crippen LogP contribution < -0.4 is 0 Å². The monoisotopic (exact) mass is 381 g/mol. The predicted octanol–water partition coefficient (Wildman–Crippen LogP) is 4.10. The van der Waals surface area contributed by atoms with Crippen molar-refractivity contribution in [2.24, 2.45) is 7.05 Å². The normalized spacial score (nSPS) is 15.4. The van der Waals surface area contributed by atoms with E-state index in [9.17, 15) is 4.79 Å². The zero-order valence-corrected chi connectivity index (χ0v) is 16.5. The lowest BCUT2D eigenvalue weighted by Crippen LogP contribution is -2.48. The molecule has 27 heavy (non-hydrogen) atoms. The number of aryl methyl sites for hydroxylation is 2. The smallest absolute Gasteiger partial charge is 0.270 e. The van der Waals surface area contributed by atoms with Crippen LogP contribution in [0.15, 0.2) is 48.5 Å². The van der Waals surface area contributed by atoms with E-state index in [-0.39, 0.29) is 5.91 Å². The van der Waals surface area contributed by atoms with Gasteiger partial charge in [-0.05, 0) is 36.2 Å². The van der Waals surface area contributed by atoms with Crippen molar-refractivity contribution >= 4 is 28.4 Å². The van der Waals surface area contributed by atoms with Crippen LogP contribution in [0.4, 0.5) is 0 Å². The molecule has 2 aromatic carbocycles. The van der Waals surface area contributed by atoms with Crippen molar-refractivity contribution in [3.63, 3.8) is 0 Å². The van der Waals surface area contributed by atoms with Gasteiger partial charge in [-0.1, -0.05) is 41.9 Å². The molecule has 0 bridgehead atoms. The molecule has 1 amide bonds. The van der Waals surface area contributed by atoms with E-state index in [1.807, 2.05) is 40.8 Å². The number of carbonyl (C=O) groups excluding carboxylic acids is 1. The Morgan fingerprint density at radius 3 is 2.52 bits per heavy atom. The number of hydrogen-bond donors (Lipinski definition) is 0. The maximum Gasteiger partial charge on any atom is 0.270 e. The third-order valence-electron chi connectivity index (χ3n) is 5.54. The quantitative estimate of drug-likeness (QED) is 0.683. The number of carbonyl (C=O) groups is 1. The molecule has 0 atom stereocenters. The lowest BCUT2D eigenvalue weighted by atomic mass is 10.1. The van der Waals surface area contributed by atoms with Crippen molar-refractivity contribution in [1.82, 2.24) is 14.4 Å². The highest BCUT2D eigenvalue weighted by Crippen LogP contribution is 2.24. The summed E-state index contributed by atoms with van der Waals surface area (Å²) in [5.74, 6) is 0.0976. The minimum absolute atomic E-state index is 0.0976. The average Bonchev–Trinajstić information content (AvgIpc) is 3.00. The molecule has 0 aliphatic carbocycles. The number of nitrogens with zero attached hydrogens (tertiary/aromatic N) is 3. The second kappa shape index (κ2) is 7.37. The Kier molecular flexibility index (Phi) is 4.94. The molecule has 1 aromatic heterocycles. The Bertz CT molecular complexity index is 986. The van der Waals surface area contributed by atoms with Gasteiger partial charge >= 0.3 is 0 Å². The minimum atomic E-state index is 0.0976. The lowest BCUT2D eigenvalue weighted by molar-refractivity contribution is 0.0619. The number of rotatable bonds is 3. The number of amides is 1. The van der Waals surface area contributed by atoms with E-state index >= 15 is 0 Å². The maximum atomic E-state index is 13.0. The molecule has 0 saturated carbocycles. The van der Waals surface area contributed by atoms with E-state index in [1.165, 1.54) is 11.1 Å². The Hall–Kier alpha value is -2.30. The fourth-order valence-electron chi connectivity index (χ4n) is 3.81. The van der Waals surface area contributed by atoms with Gasteiger partial charge in [-0.3, -0.25) is 9.69 Å². The first-order valence-electron chi connectivity index (χ1n) is 9.34. The minimum Gasteiger partial charge on any atom is -0.340 e. The van der Waals surface area contributed by atoms with Gasteiger partial charge < -0.3 is 9.47 Å². The molecule has 5 heteroatoms. The first-order valence-corrected chi connectivity index (χ1v) is 9.72. The molecule has 1 fully saturated rings.